The van der Waals surface area contributed by atoms with Gasteiger partial charge in [-0.2, -0.15) is 11.8 Å². The fourth-order valence-electron chi connectivity index (χ4n) is 3.95. The molecule has 0 saturated heterocycles. The molecule has 0 radical (unpaired) electrons. The Bertz CT molecular complexity index is 1080. The third kappa shape index (κ3) is 8.76. The summed E-state index contributed by atoms with van der Waals surface area (Å²) >= 11 is 1.73. The molecule has 1 atom stereocenters. The van der Waals surface area contributed by atoms with Crippen LogP contribution < -0.4 is 10.1 Å². The molecule has 6 heteroatoms. The van der Waals surface area contributed by atoms with E-state index < -0.39 is 6.04 Å². The molecule has 0 aliphatic heterocycles. The van der Waals surface area contributed by atoms with Gasteiger partial charge in [-0.25, -0.2) is 0 Å². The summed E-state index contributed by atoms with van der Waals surface area (Å²) in [6, 6.07) is 27.2. The zero-order valence-corrected chi connectivity index (χ0v) is 22.0. The molecule has 0 bridgehead atoms. The fraction of sp³-hybridized carbons (Fsp3) is 0.333. The number of hydrogen-bond acceptors (Lipinski definition) is 4. The summed E-state index contributed by atoms with van der Waals surface area (Å²) in [4.78, 5) is 28.7. The molecule has 0 spiro atoms. The van der Waals surface area contributed by atoms with E-state index in [1.165, 1.54) is 5.56 Å². The predicted molar refractivity (Wildman–Crippen MR) is 148 cm³/mol. The molecule has 0 aliphatic rings. The molecular formula is C30H36N2O3S. The zero-order chi connectivity index (χ0) is 25.6. The molecule has 36 heavy (non-hydrogen) atoms. The standard InChI is InChI=1S/C30H36N2O3S/c1-3-18-31-30(34)28(21-24-11-6-4-7-12-24)32(22-26-15-10-16-27(20-26)35-2)29(33)17-19-36-23-25-13-8-5-9-14-25/h4-16,20,28H,3,17-19,21-23H2,1-2H3,(H,31,34)/t28-/m1/s1. The second-order valence-corrected chi connectivity index (χ2v) is 9.76. The molecule has 3 aromatic rings. The third-order valence-electron chi connectivity index (χ3n) is 5.88. The van der Waals surface area contributed by atoms with E-state index in [0.717, 1.165) is 29.1 Å². The molecule has 0 heterocycles. The first-order valence-electron chi connectivity index (χ1n) is 12.5. The van der Waals surface area contributed by atoms with Gasteiger partial charge in [0.15, 0.2) is 0 Å². The van der Waals surface area contributed by atoms with Crippen LogP contribution in [0, 0.1) is 0 Å². The average molecular weight is 505 g/mol. The Morgan fingerprint density at radius 1 is 0.917 bits per heavy atom. The normalized spacial score (nSPS) is 11.5. The van der Waals surface area contributed by atoms with Gasteiger partial charge in [-0.05, 0) is 35.2 Å². The number of nitrogens with one attached hydrogen (secondary N) is 1. The first-order valence-corrected chi connectivity index (χ1v) is 13.6. The van der Waals surface area contributed by atoms with Crippen molar-refractivity contribution in [3.63, 3.8) is 0 Å². The van der Waals surface area contributed by atoms with Gasteiger partial charge in [0, 0.05) is 37.4 Å². The lowest BCUT2D eigenvalue weighted by Crippen LogP contribution is -2.50. The number of rotatable bonds is 14. The Balaban J connectivity index is 1.80. The number of ether oxygens (including phenoxy) is 1. The highest BCUT2D eigenvalue weighted by atomic mass is 32.2. The molecule has 0 unspecified atom stereocenters. The first-order chi connectivity index (χ1) is 17.6. The number of methoxy groups -OCH3 is 1. The monoisotopic (exact) mass is 504 g/mol. The number of amides is 2. The maximum absolute atomic E-state index is 13.6. The zero-order valence-electron chi connectivity index (χ0n) is 21.2. The number of benzene rings is 3. The van der Waals surface area contributed by atoms with Gasteiger partial charge in [-0.3, -0.25) is 9.59 Å². The number of carbonyl (C=O) groups is 2. The van der Waals surface area contributed by atoms with E-state index >= 15 is 0 Å². The molecule has 3 rings (SSSR count). The Hall–Kier alpha value is -3.25. The predicted octanol–water partition coefficient (Wildman–Crippen LogP) is 5.48. The minimum absolute atomic E-state index is 0.0223. The number of thioether (sulfide) groups is 1. The summed E-state index contributed by atoms with van der Waals surface area (Å²) in [5.74, 6) is 2.14. The van der Waals surface area contributed by atoms with Crippen molar-refractivity contribution in [2.45, 2.75) is 44.5 Å². The van der Waals surface area contributed by atoms with E-state index in [1.54, 1.807) is 23.8 Å². The van der Waals surface area contributed by atoms with Crippen LogP contribution in [0.2, 0.25) is 0 Å². The van der Waals surface area contributed by atoms with Crippen molar-refractivity contribution >= 4 is 23.6 Å². The van der Waals surface area contributed by atoms with Crippen LogP contribution in [-0.4, -0.2) is 42.2 Å². The molecule has 1 N–H and O–H groups in total. The molecule has 0 aromatic heterocycles. The maximum Gasteiger partial charge on any atom is 0.243 e. The topological polar surface area (TPSA) is 58.6 Å². The molecular weight excluding hydrogens is 468 g/mol. The van der Waals surface area contributed by atoms with Crippen molar-refractivity contribution in [3.05, 3.63) is 102 Å². The largest absolute Gasteiger partial charge is 0.497 e. The van der Waals surface area contributed by atoms with E-state index in [-0.39, 0.29) is 11.8 Å². The van der Waals surface area contributed by atoms with Crippen molar-refractivity contribution < 1.29 is 14.3 Å². The summed E-state index contributed by atoms with van der Waals surface area (Å²) in [6.07, 6.45) is 1.67. The van der Waals surface area contributed by atoms with Gasteiger partial charge in [0.1, 0.15) is 11.8 Å². The highest BCUT2D eigenvalue weighted by Crippen LogP contribution is 2.20. The van der Waals surface area contributed by atoms with Crippen molar-refractivity contribution in [2.24, 2.45) is 0 Å². The molecule has 3 aromatic carbocycles. The Morgan fingerprint density at radius 3 is 2.25 bits per heavy atom. The van der Waals surface area contributed by atoms with E-state index in [2.05, 4.69) is 17.4 Å². The van der Waals surface area contributed by atoms with E-state index in [1.807, 2.05) is 79.7 Å². The summed E-state index contributed by atoms with van der Waals surface area (Å²) in [5, 5.41) is 3.02. The van der Waals surface area contributed by atoms with Crippen LogP contribution in [0.4, 0.5) is 0 Å². The van der Waals surface area contributed by atoms with Crippen LogP contribution in [0.25, 0.3) is 0 Å². The minimum atomic E-state index is -0.600. The second kappa shape index (κ2) is 15.0. The molecule has 0 saturated carbocycles. The molecule has 0 aliphatic carbocycles. The van der Waals surface area contributed by atoms with E-state index in [9.17, 15) is 9.59 Å². The Morgan fingerprint density at radius 2 is 1.58 bits per heavy atom. The fourth-order valence-corrected chi connectivity index (χ4v) is 4.85. The molecule has 0 fully saturated rings. The summed E-state index contributed by atoms with van der Waals surface area (Å²) in [5.41, 5.74) is 3.20. The SMILES string of the molecule is CCCNC(=O)[C@@H](Cc1ccccc1)N(Cc1cccc(OC)c1)C(=O)CCSCc1ccccc1. The van der Waals surface area contributed by atoms with Crippen molar-refractivity contribution in [3.8, 4) is 5.75 Å². The number of nitrogens with zero attached hydrogens (tertiary/aromatic N) is 1. The maximum atomic E-state index is 13.6. The average Bonchev–Trinajstić information content (AvgIpc) is 2.92. The van der Waals surface area contributed by atoms with Crippen molar-refractivity contribution in [1.29, 1.82) is 0 Å². The second-order valence-electron chi connectivity index (χ2n) is 8.66. The van der Waals surface area contributed by atoms with Gasteiger partial charge < -0.3 is 15.0 Å². The third-order valence-corrected chi connectivity index (χ3v) is 6.91. The van der Waals surface area contributed by atoms with Crippen LogP contribution in [-0.2, 0) is 28.3 Å². The van der Waals surface area contributed by atoms with Gasteiger partial charge >= 0.3 is 0 Å². The van der Waals surface area contributed by atoms with Gasteiger partial charge in [-0.15, -0.1) is 0 Å². The molecule has 190 valence electrons. The lowest BCUT2D eigenvalue weighted by atomic mass is 10.0. The smallest absolute Gasteiger partial charge is 0.243 e. The van der Waals surface area contributed by atoms with E-state index in [0.29, 0.717) is 31.7 Å². The lowest BCUT2D eigenvalue weighted by Gasteiger charge is -2.31. The van der Waals surface area contributed by atoms with Crippen LogP contribution in [0.3, 0.4) is 0 Å². The van der Waals surface area contributed by atoms with Crippen LogP contribution in [0.1, 0.15) is 36.5 Å². The lowest BCUT2D eigenvalue weighted by molar-refractivity contribution is -0.141. The Kier molecular flexibility index (Phi) is 11.4. The van der Waals surface area contributed by atoms with Gasteiger partial charge in [0.05, 0.1) is 7.11 Å². The van der Waals surface area contributed by atoms with Gasteiger partial charge in [-0.1, -0.05) is 79.7 Å². The molecule has 5 nitrogen and oxygen atoms in total. The first kappa shape index (κ1) is 27.3. The number of carbonyl (C=O) groups excluding carboxylic acids is 2. The van der Waals surface area contributed by atoms with Crippen molar-refractivity contribution in [2.75, 3.05) is 19.4 Å². The highest BCUT2D eigenvalue weighted by Gasteiger charge is 2.30. The highest BCUT2D eigenvalue weighted by molar-refractivity contribution is 7.98. The Labute approximate surface area is 219 Å². The van der Waals surface area contributed by atoms with Crippen LogP contribution in [0.5, 0.6) is 5.75 Å². The summed E-state index contributed by atoms with van der Waals surface area (Å²) < 4.78 is 5.39. The van der Waals surface area contributed by atoms with Gasteiger partial charge in [0.2, 0.25) is 11.8 Å². The molecule has 2 amide bonds. The number of hydrogen-bond donors (Lipinski definition) is 1. The van der Waals surface area contributed by atoms with Gasteiger partial charge in [0.25, 0.3) is 0 Å². The quantitative estimate of drug-likeness (QED) is 0.295. The van der Waals surface area contributed by atoms with E-state index in [4.69, 9.17) is 4.74 Å². The van der Waals surface area contributed by atoms with Crippen molar-refractivity contribution in [1.82, 2.24) is 10.2 Å². The summed E-state index contributed by atoms with van der Waals surface area (Å²) in [7, 11) is 1.63. The van der Waals surface area contributed by atoms with Crippen LogP contribution >= 0.6 is 11.8 Å². The van der Waals surface area contributed by atoms with Crippen LogP contribution in [0.15, 0.2) is 84.9 Å². The summed E-state index contributed by atoms with van der Waals surface area (Å²) in [6.45, 7) is 2.95. The minimum Gasteiger partial charge on any atom is -0.497 e.